The van der Waals surface area contributed by atoms with Gasteiger partial charge in [-0.2, -0.15) is 0 Å². The van der Waals surface area contributed by atoms with E-state index >= 15 is 0 Å². The average molecular weight is 1040 g/mol. The Bertz CT molecular complexity index is 1900. The van der Waals surface area contributed by atoms with Crippen molar-refractivity contribution < 1.29 is 42.1 Å². The minimum atomic E-state index is -4.67. The molecule has 0 rings (SSSR count). The number of carbonyl (C=O) groups is 2. The van der Waals surface area contributed by atoms with E-state index in [1.807, 2.05) is 33.3 Å². The third-order valence-corrected chi connectivity index (χ3v) is 11.4. The molecule has 0 bridgehead atoms. The van der Waals surface area contributed by atoms with Crippen LogP contribution in [-0.2, 0) is 32.7 Å². The Morgan fingerprint density at radius 2 is 0.757 bits per heavy atom. The summed E-state index contributed by atoms with van der Waals surface area (Å²) in [5, 5.41) is 0. The zero-order chi connectivity index (χ0) is 54.2. The van der Waals surface area contributed by atoms with Gasteiger partial charge in [-0.25, -0.2) is 0 Å². The lowest BCUT2D eigenvalue weighted by molar-refractivity contribution is -0.870. The number of phosphoric acid groups is 1. The minimum Gasteiger partial charge on any atom is -0.756 e. The fourth-order valence-electron chi connectivity index (χ4n) is 6.26. The van der Waals surface area contributed by atoms with Crippen LogP contribution in [-0.4, -0.2) is 70.0 Å². The first-order valence-corrected chi connectivity index (χ1v) is 29.0. The molecule has 0 heterocycles. The predicted octanol–water partition coefficient (Wildman–Crippen LogP) is 16.6. The van der Waals surface area contributed by atoms with Crippen LogP contribution in [0.1, 0.15) is 155 Å². The van der Waals surface area contributed by atoms with E-state index < -0.39 is 32.5 Å². The number of hydrogen-bond acceptors (Lipinski definition) is 8. The van der Waals surface area contributed by atoms with Gasteiger partial charge in [0, 0.05) is 12.8 Å². The summed E-state index contributed by atoms with van der Waals surface area (Å²) in [5.41, 5.74) is 0. The van der Waals surface area contributed by atoms with E-state index in [4.69, 9.17) is 18.5 Å². The van der Waals surface area contributed by atoms with Gasteiger partial charge >= 0.3 is 11.9 Å². The molecule has 0 amide bonds. The third kappa shape index (κ3) is 56.4. The molecule has 0 aliphatic carbocycles. The maximum absolute atomic E-state index is 12.7. The van der Waals surface area contributed by atoms with Crippen LogP contribution in [0.5, 0.6) is 0 Å². The Labute approximate surface area is 450 Å². The quantitative estimate of drug-likeness (QED) is 0.0195. The normalized spacial score (nSPS) is 14.7. The zero-order valence-corrected chi connectivity index (χ0v) is 47.3. The second-order valence-corrected chi connectivity index (χ2v) is 19.9. The fourth-order valence-corrected chi connectivity index (χ4v) is 6.99. The van der Waals surface area contributed by atoms with Gasteiger partial charge in [0.1, 0.15) is 19.8 Å². The number of quaternary nitrogens is 1. The van der Waals surface area contributed by atoms with Crippen LogP contribution in [0.4, 0.5) is 0 Å². The van der Waals surface area contributed by atoms with Crippen molar-refractivity contribution in [2.24, 2.45) is 0 Å². The lowest BCUT2D eigenvalue weighted by Crippen LogP contribution is -2.37. The summed E-state index contributed by atoms with van der Waals surface area (Å²) in [5.74, 6) is -0.988. The molecule has 0 saturated heterocycles. The smallest absolute Gasteiger partial charge is 0.306 e. The highest BCUT2D eigenvalue weighted by atomic mass is 31.2. The van der Waals surface area contributed by atoms with Crippen LogP contribution in [0.15, 0.2) is 182 Å². The molecule has 0 aliphatic rings. The van der Waals surface area contributed by atoms with Crippen molar-refractivity contribution in [2.45, 2.75) is 161 Å². The standard InChI is InChI=1S/C64H98NO8P/c1-6-8-10-12-14-16-18-20-21-22-23-24-25-26-27-28-29-30-31-32-33-34-35-36-37-38-39-40-41-42-43-45-47-49-51-53-55-57-64(67)73-62(61-72-74(68,69)71-59-58-65(3,4)5)60-70-63(66)56-54-52-50-48-46-44-19-17-15-13-11-9-7-2/h8-11,14-17,20-21,23-24,26-27,29-30,32-33,35-36,38-39,41-42,44-47,50,52,62H,6-7,12-13,18-19,22,25,28,31,34,37,40,43,48-49,51,53-61H2,1-5H3/b10-8-,11-9-,16-14-,17-15-,21-20-,24-23-,27-26-,30-29-,33-32-,36-35-,39-38-,42-41-,46-44-,47-45-,52-50-. The summed E-state index contributed by atoms with van der Waals surface area (Å²) in [4.78, 5) is 37.6. The molecule has 0 radical (unpaired) electrons. The molecule has 9 nitrogen and oxygen atoms in total. The summed E-state index contributed by atoms with van der Waals surface area (Å²) in [7, 11) is 1.07. The highest BCUT2D eigenvalue weighted by Gasteiger charge is 2.21. The number of carbonyl (C=O) groups excluding carboxylic acids is 2. The number of ether oxygens (including phenoxy) is 2. The molecule has 0 saturated carbocycles. The Hall–Kier alpha value is -4.89. The number of hydrogen-bond donors (Lipinski definition) is 0. The molecule has 0 spiro atoms. The summed E-state index contributed by atoms with van der Waals surface area (Å²) >= 11 is 0. The molecule has 0 N–H and O–H groups in total. The lowest BCUT2D eigenvalue weighted by atomic mass is 10.1. The van der Waals surface area contributed by atoms with E-state index in [2.05, 4.69) is 184 Å². The average Bonchev–Trinajstić information content (AvgIpc) is 3.36. The summed E-state index contributed by atoms with van der Waals surface area (Å²) < 4.78 is 33.9. The first-order chi connectivity index (χ1) is 36.0. The number of phosphoric ester groups is 1. The van der Waals surface area contributed by atoms with Crippen molar-refractivity contribution >= 4 is 19.8 Å². The predicted molar refractivity (Wildman–Crippen MR) is 313 cm³/mol. The van der Waals surface area contributed by atoms with Gasteiger partial charge < -0.3 is 27.9 Å². The van der Waals surface area contributed by atoms with Crippen molar-refractivity contribution in [3.05, 3.63) is 182 Å². The Morgan fingerprint density at radius 1 is 0.419 bits per heavy atom. The van der Waals surface area contributed by atoms with Gasteiger partial charge in [0.25, 0.3) is 7.82 Å². The summed E-state index contributed by atoms with van der Waals surface area (Å²) in [6.07, 6.45) is 82.6. The highest BCUT2D eigenvalue weighted by Crippen LogP contribution is 2.38. The first-order valence-electron chi connectivity index (χ1n) is 27.5. The Balaban J connectivity index is 4.30. The van der Waals surface area contributed by atoms with Gasteiger partial charge in [0.15, 0.2) is 6.10 Å². The Kier molecular flexibility index (Phi) is 49.5. The molecule has 0 aromatic rings. The number of esters is 2. The molecule has 74 heavy (non-hydrogen) atoms. The molecular formula is C64H98NO8P. The highest BCUT2D eigenvalue weighted by molar-refractivity contribution is 7.45. The second kappa shape index (κ2) is 53.0. The van der Waals surface area contributed by atoms with Crippen molar-refractivity contribution in [2.75, 3.05) is 47.5 Å². The van der Waals surface area contributed by atoms with Gasteiger partial charge in [0.2, 0.25) is 0 Å². The minimum absolute atomic E-state index is 0.0592. The molecule has 412 valence electrons. The van der Waals surface area contributed by atoms with Crippen molar-refractivity contribution in [3.8, 4) is 0 Å². The van der Waals surface area contributed by atoms with Crippen molar-refractivity contribution in [1.29, 1.82) is 0 Å². The van der Waals surface area contributed by atoms with Crippen LogP contribution in [0, 0.1) is 0 Å². The summed E-state index contributed by atoms with van der Waals surface area (Å²) in [6.45, 7) is 3.83. The molecule has 2 unspecified atom stereocenters. The van der Waals surface area contributed by atoms with Crippen LogP contribution in [0.25, 0.3) is 0 Å². The van der Waals surface area contributed by atoms with E-state index in [1.165, 1.54) is 0 Å². The number of unbranched alkanes of at least 4 members (excludes halogenated alkanes) is 3. The zero-order valence-electron chi connectivity index (χ0n) is 46.4. The van der Waals surface area contributed by atoms with E-state index in [-0.39, 0.29) is 26.1 Å². The number of rotatable bonds is 47. The van der Waals surface area contributed by atoms with Crippen LogP contribution in [0.2, 0.25) is 0 Å². The maximum atomic E-state index is 12.7. The molecular weight excluding hydrogens is 942 g/mol. The molecule has 0 aliphatic heterocycles. The number of allylic oxidation sites excluding steroid dienone is 30. The molecule has 10 heteroatoms. The SMILES string of the molecule is CC/C=C\C/C=C\C/C=C\C/C=C\C/C=C\C/C=C\C/C=C\C/C=C\C/C=C\C/C=C\C/C=C\CCCCCC(=O)OC(COC(=O)CC/C=C\C/C=C\C/C=C\C/C=C\CC)COP(=O)([O-])OCC[N+](C)(C)C. The topological polar surface area (TPSA) is 111 Å². The third-order valence-electron chi connectivity index (χ3n) is 10.4. The monoisotopic (exact) mass is 1040 g/mol. The van der Waals surface area contributed by atoms with Crippen LogP contribution in [0.3, 0.4) is 0 Å². The first kappa shape index (κ1) is 69.1. The fraction of sp³-hybridized carbons (Fsp3) is 0.500. The van der Waals surface area contributed by atoms with Crippen LogP contribution < -0.4 is 4.89 Å². The second-order valence-electron chi connectivity index (χ2n) is 18.5. The Morgan fingerprint density at radius 3 is 1.11 bits per heavy atom. The van der Waals surface area contributed by atoms with E-state index in [1.54, 1.807) is 0 Å². The number of nitrogens with zero attached hydrogens (tertiary/aromatic N) is 1. The molecule has 0 aromatic carbocycles. The summed E-state index contributed by atoms with van der Waals surface area (Å²) in [6, 6.07) is 0. The molecule has 2 atom stereocenters. The molecule has 0 fully saturated rings. The van der Waals surface area contributed by atoms with Gasteiger partial charge in [-0.15, -0.1) is 0 Å². The molecule has 0 aromatic heterocycles. The number of likely N-dealkylation sites (N-methyl/N-ethyl adjacent to an activating group) is 1. The van der Waals surface area contributed by atoms with Crippen LogP contribution >= 0.6 is 7.82 Å². The van der Waals surface area contributed by atoms with Gasteiger partial charge in [-0.3, -0.25) is 14.2 Å². The van der Waals surface area contributed by atoms with Crippen molar-refractivity contribution in [3.63, 3.8) is 0 Å². The van der Waals surface area contributed by atoms with Gasteiger partial charge in [-0.1, -0.05) is 203 Å². The van der Waals surface area contributed by atoms with E-state index in [9.17, 15) is 19.0 Å². The van der Waals surface area contributed by atoms with Gasteiger partial charge in [0.05, 0.1) is 27.7 Å². The van der Waals surface area contributed by atoms with E-state index in [0.29, 0.717) is 23.9 Å². The van der Waals surface area contributed by atoms with E-state index in [0.717, 1.165) is 116 Å². The lowest BCUT2D eigenvalue weighted by Gasteiger charge is -2.28. The largest absolute Gasteiger partial charge is 0.756 e. The van der Waals surface area contributed by atoms with Crippen molar-refractivity contribution in [1.82, 2.24) is 0 Å². The maximum Gasteiger partial charge on any atom is 0.306 e. The van der Waals surface area contributed by atoms with Gasteiger partial charge in [-0.05, 0) is 122 Å².